The van der Waals surface area contributed by atoms with Crippen molar-refractivity contribution in [1.82, 2.24) is 18.9 Å². The van der Waals surface area contributed by atoms with Gasteiger partial charge in [0.25, 0.3) is 0 Å². The molecule has 1 aliphatic heterocycles. The van der Waals surface area contributed by atoms with Crippen molar-refractivity contribution in [2.24, 2.45) is 0 Å². The number of rotatable bonds is 5. The fourth-order valence-corrected chi connectivity index (χ4v) is 6.77. The van der Waals surface area contributed by atoms with Crippen LogP contribution in [-0.4, -0.2) is 25.9 Å². The van der Waals surface area contributed by atoms with E-state index in [1.54, 1.807) is 0 Å². The van der Waals surface area contributed by atoms with Gasteiger partial charge in [-0.3, -0.25) is 4.90 Å². The molecule has 0 amide bonds. The lowest BCUT2D eigenvalue weighted by molar-refractivity contribution is 0.910. The number of fused-ring (bicyclic) bond motifs is 2. The molecule has 0 radical (unpaired) electrons. The lowest BCUT2D eigenvalue weighted by atomic mass is 9.63. The van der Waals surface area contributed by atoms with Gasteiger partial charge in [-0.15, -0.1) is 0 Å². The van der Waals surface area contributed by atoms with Gasteiger partial charge in [-0.2, -0.15) is 0 Å². The Bertz CT molecular complexity index is 2090. The summed E-state index contributed by atoms with van der Waals surface area (Å²) in [6, 6.07) is 47.4. The molecule has 0 atom stereocenters. The highest BCUT2D eigenvalue weighted by atomic mass is 15.4. The Morgan fingerprint density at radius 1 is 0.457 bits per heavy atom. The molecule has 0 saturated heterocycles. The first-order valence-electron chi connectivity index (χ1n) is 15.8. The largest absolute Gasteiger partial charge is 0.425 e. The van der Waals surface area contributed by atoms with Crippen molar-refractivity contribution in [3.05, 3.63) is 156 Å². The fourth-order valence-electron chi connectivity index (χ4n) is 6.77. The van der Waals surface area contributed by atoms with Crippen molar-refractivity contribution in [1.29, 1.82) is 0 Å². The average molecular weight is 596 g/mol. The molecule has 0 saturated carbocycles. The second-order valence-corrected chi connectivity index (χ2v) is 12.1. The highest BCUT2D eigenvalue weighted by molar-refractivity contribution is 6.73. The predicted molar refractivity (Wildman–Crippen MR) is 191 cm³/mol. The Morgan fingerprint density at radius 3 is 1.39 bits per heavy atom. The molecule has 0 N–H and O–H groups in total. The van der Waals surface area contributed by atoms with Crippen molar-refractivity contribution < 1.29 is 0 Å². The van der Waals surface area contributed by atoms with E-state index in [1.165, 1.54) is 27.7 Å². The quantitative estimate of drug-likeness (QED) is 0.187. The van der Waals surface area contributed by atoms with Gasteiger partial charge >= 0.3 is 6.98 Å². The molecular formula is C40H34BN5. The van der Waals surface area contributed by atoms with E-state index in [1.807, 2.05) is 0 Å². The van der Waals surface area contributed by atoms with Crippen LogP contribution in [0.15, 0.2) is 133 Å². The van der Waals surface area contributed by atoms with Crippen LogP contribution in [0.5, 0.6) is 0 Å². The fraction of sp³-hybridized carbons (Fsp3) is 0.100. The summed E-state index contributed by atoms with van der Waals surface area (Å²) in [4.78, 5) is 12.8. The number of imidazole rings is 2. The van der Waals surface area contributed by atoms with Crippen molar-refractivity contribution in [3.63, 3.8) is 0 Å². The van der Waals surface area contributed by atoms with Gasteiger partial charge in [0.2, 0.25) is 11.9 Å². The molecular weight excluding hydrogens is 561 g/mol. The molecule has 5 nitrogen and oxygen atoms in total. The molecule has 0 aliphatic carbocycles. The SMILES string of the molecule is Cc1nc2n(c1C)B(c1ccccc1-c1ccccc1)n1c(nc(C)c1C)N2c1cc(-c2ccccc2)cc(-c2ccccc2)c1. The van der Waals surface area contributed by atoms with Crippen molar-refractivity contribution in [2.75, 3.05) is 4.90 Å². The van der Waals surface area contributed by atoms with Gasteiger partial charge < -0.3 is 8.96 Å². The molecule has 2 aromatic heterocycles. The van der Waals surface area contributed by atoms with E-state index < -0.39 is 0 Å². The number of benzene rings is 5. The lowest BCUT2D eigenvalue weighted by Gasteiger charge is -2.35. The topological polar surface area (TPSA) is 38.9 Å². The molecule has 222 valence electrons. The minimum Gasteiger partial charge on any atom is -0.333 e. The summed E-state index contributed by atoms with van der Waals surface area (Å²) in [6.45, 7) is 8.42. The first kappa shape index (κ1) is 27.9. The van der Waals surface area contributed by atoms with Crippen molar-refractivity contribution >= 4 is 30.0 Å². The predicted octanol–water partition coefficient (Wildman–Crippen LogP) is 8.89. The third-order valence-corrected chi connectivity index (χ3v) is 9.34. The van der Waals surface area contributed by atoms with E-state index in [4.69, 9.17) is 9.97 Å². The normalized spacial score (nSPS) is 12.3. The van der Waals surface area contributed by atoms with Gasteiger partial charge in [0.1, 0.15) is 0 Å². The maximum absolute atomic E-state index is 5.26. The van der Waals surface area contributed by atoms with Crippen LogP contribution in [0.1, 0.15) is 22.8 Å². The number of hydrogen-bond acceptors (Lipinski definition) is 3. The summed E-state index contributed by atoms with van der Waals surface area (Å²) in [6.07, 6.45) is 0. The van der Waals surface area contributed by atoms with Gasteiger partial charge in [0.15, 0.2) is 0 Å². The van der Waals surface area contributed by atoms with Gasteiger partial charge in [-0.1, -0.05) is 115 Å². The van der Waals surface area contributed by atoms with Crippen LogP contribution in [0.2, 0.25) is 0 Å². The molecule has 0 unspecified atom stereocenters. The molecule has 0 fully saturated rings. The van der Waals surface area contributed by atoms with Crippen molar-refractivity contribution in [2.45, 2.75) is 27.7 Å². The number of hydrogen-bond donors (Lipinski definition) is 0. The van der Waals surface area contributed by atoms with Crippen LogP contribution in [0.3, 0.4) is 0 Å². The van der Waals surface area contributed by atoms with Crippen LogP contribution < -0.4 is 10.4 Å². The minimum atomic E-state index is -0.161. The van der Waals surface area contributed by atoms with E-state index in [9.17, 15) is 0 Å². The van der Waals surface area contributed by atoms with Gasteiger partial charge in [0.05, 0.1) is 17.1 Å². The Hall–Kier alpha value is -5.62. The smallest absolute Gasteiger partial charge is 0.333 e. The van der Waals surface area contributed by atoms with E-state index in [0.717, 1.165) is 51.5 Å². The molecule has 1 aliphatic rings. The summed E-state index contributed by atoms with van der Waals surface area (Å²) >= 11 is 0. The van der Waals surface area contributed by atoms with Crippen LogP contribution in [-0.2, 0) is 0 Å². The van der Waals surface area contributed by atoms with Crippen LogP contribution in [0, 0.1) is 27.7 Å². The number of nitrogens with zero attached hydrogens (tertiary/aromatic N) is 5. The maximum atomic E-state index is 5.26. The summed E-state index contributed by atoms with van der Waals surface area (Å²) in [5, 5.41) is 0. The third-order valence-electron chi connectivity index (χ3n) is 9.34. The zero-order valence-corrected chi connectivity index (χ0v) is 26.5. The molecule has 3 heterocycles. The van der Waals surface area contributed by atoms with Crippen LogP contribution in [0.4, 0.5) is 17.6 Å². The minimum absolute atomic E-state index is 0.161. The molecule has 6 heteroatoms. The van der Waals surface area contributed by atoms with Gasteiger partial charge in [-0.05, 0) is 84.7 Å². The number of aryl methyl sites for hydroxylation is 2. The molecule has 0 spiro atoms. The maximum Gasteiger partial charge on any atom is 0.425 e. The second-order valence-electron chi connectivity index (χ2n) is 12.1. The summed E-state index contributed by atoms with van der Waals surface area (Å²) in [5.41, 5.74) is 13.5. The Morgan fingerprint density at radius 2 is 0.891 bits per heavy atom. The standard InChI is InChI=1S/C40H34BN5/c1-27-29(3)45-39(42-27)44(36-25-34(31-16-8-5-9-17-31)24-35(26-36)32-18-10-6-11-19-32)40-43-28(2)30(4)46(40)41(45)38-23-15-14-22-37(38)33-20-12-7-13-21-33/h5-26H,1-4H3. The van der Waals surface area contributed by atoms with Gasteiger partial charge in [0, 0.05) is 11.4 Å². The van der Waals surface area contributed by atoms with E-state index in [0.29, 0.717) is 0 Å². The third kappa shape index (κ3) is 4.48. The summed E-state index contributed by atoms with van der Waals surface area (Å²) < 4.78 is 4.80. The average Bonchev–Trinajstić information content (AvgIpc) is 3.57. The zero-order chi connectivity index (χ0) is 31.4. The van der Waals surface area contributed by atoms with Gasteiger partial charge in [-0.25, -0.2) is 9.97 Å². The van der Waals surface area contributed by atoms with E-state index in [-0.39, 0.29) is 6.98 Å². The van der Waals surface area contributed by atoms with Crippen molar-refractivity contribution in [3.8, 4) is 33.4 Å². The summed E-state index contributed by atoms with van der Waals surface area (Å²) in [7, 11) is 0. The molecule has 8 rings (SSSR count). The Kier molecular flexibility index (Phi) is 6.72. The monoisotopic (exact) mass is 595 g/mol. The molecule has 46 heavy (non-hydrogen) atoms. The number of anilines is 3. The summed E-state index contributed by atoms with van der Waals surface area (Å²) in [5.74, 6) is 1.73. The first-order valence-corrected chi connectivity index (χ1v) is 15.8. The highest BCUT2D eigenvalue weighted by Crippen LogP contribution is 2.43. The zero-order valence-electron chi connectivity index (χ0n) is 26.5. The van der Waals surface area contributed by atoms with E-state index >= 15 is 0 Å². The first-order chi connectivity index (χ1) is 22.5. The lowest BCUT2D eigenvalue weighted by Crippen LogP contribution is -2.51. The Labute approximate surface area is 270 Å². The second kappa shape index (κ2) is 11.1. The molecule has 5 aromatic carbocycles. The Balaban J connectivity index is 1.41. The molecule has 7 aromatic rings. The van der Waals surface area contributed by atoms with Crippen LogP contribution in [0.25, 0.3) is 33.4 Å². The molecule has 0 bridgehead atoms. The highest BCUT2D eigenvalue weighted by Gasteiger charge is 2.42. The van der Waals surface area contributed by atoms with Crippen LogP contribution >= 0.6 is 0 Å². The van der Waals surface area contributed by atoms with E-state index in [2.05, 4.69) is 175 Å². The number of aromatic nitrogens is 4.